The number of ketones is 3. The number of Topliss-reactive ketones (excluding diaryl/α,β-unsaturated/α-hetero) is 3. The number of nitrogens with zero attached hydrogens (tertiary/aromatic N) is 1. The van der Waals surface area contributed by atoms with Crippen LogP contribution in [0.15, 0.2) is 47.6 Å². The van der Waals surface area contributed by atoms with Gasteiger partial charge in [-0.15, -0.1) is 0 Å². The standard InChI is InChI=1S/C59H97NO14Si/c1-37-21-17-16-18-22-38(2)49(68-11)35-45-26-24-43(7)59(67,74-45)55(64)56(65)60-28-20-19-23-46(60)57(66)73-50(36-47(61)39(3)32-42(6)53(63)54(70-13)52(62)41(5)31-37)40(4)33-44-25-27-48(51(34-44)69-12)71-29-30-72-75(14,15)58(8,9)10/h16-18,21-22,32,37,39-41,43-46,48-51,53-54,63,67H,19-20,23-31,33-36H2,1-15H3/b18-16+,21-17+,38-22+,42-32+/t37-,39-,40-,41-,43-,44+,45+,46+,48-,49+,50+,51-,53-,54+,59-/m1/s1/i33+2,44+2,46+2,57+2. The second kappa shape index (κ2) is 29.1. The predicted molar refractivity (Wildman–Crippen MR) is 292 cm³/mol. The van der Waals surface area contributed by atoms with Gasteiger partial charge in [-0.3, -0.25) is 19.2 Å². The molecule has 0 unspecified atom stereocenters. The average Bonchev–Trinajstić information content (AvgIpc) is 3.36. The summed E-state index contributed by atoms with van der Waals surface area (Å²) < 4.78 is 42.8. The lowest BCUT2D eigenvalue weighted by atomic mass is 9.85. The molecule has 4 rings (SSSR count). The quantitative estimate of drug-likeness (QED) is 0.0654. The van der Waals surface area contributed by atoms with E-state index in [0.29, 0.717) is 70.2 Å². The van der Waals surface area contributed by atoms with Crippen molar-refractivity contribution in [2.75, 3.05) is 41.1 Å². The van der Waals surface area contributed by atoms with Crippen LogP contribution in [0, 0.1) is 35.5 Å². The van der Waals surface area contributed by atoms with Crippen molar-refractivity contribution in [1.82, 2.24) is 4.90 Å². The summed E-state index contributed by atoms with van der Waals surface area (Å²) in [6, 6.07) is -1.14. The third-order valence-corrected chi connectivity index (χ3v) is 21.7. The molecule has 2 N–H and O–H groups in total. The van der Waals surface area contributed by atoms with Crippen LogP contribution in [0.25, 0.3) is 0 Å². The highest BCUT2D eigenvalue weighted by molar-refractivity contribution is 6.74. The molecule has 1 aliphatic carbocycles. The van der Waals surface area contributed by atoms with Crippen LogP contribution in [-0.4, -0.2) is 148 Å². The first-order valence-electron chi connectivity index (χ1n) is 27.9. The molecule has 4 aliphatic rings. The molecular formula is C59H97NO14Si. The number of hydrogen-bond acceptors (Lipinski definition) is 14. The van der Waals surface area contributed by atoms with Gasteiger partial charge in [0, 0.05) is 58.5 Å². The summed E-state index contributed by atoms with van der Waals surface area (Å²) in [6.45, 7) is 24.9. The van der Waals surface area contributed by atoms with Crippen LogP contribution >= 0.6 is 0 Å². The molecule has 0 spiro atoms. The Morgan fingerprint density at radius 1 is 0.920 bits per heavy atom. The molecule has 426 valence electrons. The first-order chi connectivity index (χ1) is 35.2. The maximum absolute atomic E-state index is 14.6. The number of cyclic esters (lactones) is 1. The minimum atomic E-state index is -2.43. The van der Waals surface area contributed by atoms with Crippen molar-refractivity contribution in [3.05, 3.63) is 47.6 Å². The minimum Gasteiger partial charge on any atom is -0.460 e. The molecule has 0 radical (unpaired) electrons. The normalized spacial score (nSPS) is 37.1. The summed E-state index contributed by atoms with van der Waals surface area (Å²) >= 11 is 0. The topological polar surface area (TPSA) is 194 Å². The maximum atomic E-state index is 14.6. The Kier molecular flexibility index (Phi) is 25.0. The molecule has 15 nitrogen and oxygen atoms in total. The largest absolute Gasteiger partial charge is 0.460 e. The number of rotatable bonds is 11. The number of esters is 1. The van der Waals surface area contributed by atoms with E-state index in [0.717, 1.165) is 18.4 Å². The summed E-state index contributed by atoms with van der Waals surface area (Å²) in [7, 11) is 2.73. The van der Waals surface area contributed by atoms with Crippen molar-refractivity contribution < 1.29 is 67.0 Å². The van der Waals surface area contributed by atoms with Gasteiger partial charge in [-0.25, -0.2) is 4.79 Å². The fraction of sp³-hybridized carbons (Fsp3) is 0.780. The van der Waals surface area contributed by atoms with Crippen LogP contribution < -0.4 is 0 Å². The summed E-state index contributed by atoms with van der Waals surface area (Å²) in [5.74, 6) is -7.87. The molecule has 0 aromatic heterocycles. The van der Waals surface area contributed by atoms with Crippen molar-refractivity contribution in [2.24, 2.45) is 35.5 Å². The van der Waals surface area contributed by atoms with Gasteiger partial charge in [0.05, 0.1) is 37.6 Å². The molecule has 2 saturated heterocycles. The van der Waals surface area contributed by atoms with Gasteiger partial charge in [-0.05, 0) is 125 Å². The third-order valence-electron chi connectivity index (χ3n) is 17.1. The minimum absolute atomic E-state index is 0.0168. The number of aliphatic hydroxyl groups excluding tert-OH is 1. The number of methoxy groups -OCH3 is 3. The molecular weight excluding hydrogens is 983 g/mol. The van der Waals surface area contributed by atoms with E-state index in [2.05, 4.69) is 33.9 Å². The third kappa shape index (κ3) is 17.7. The highest BCUT2D eigenvalue weighted by Crippen LogP contribution is 2.39. The number of hydrogen-bond donors (Lipinski definition) is 2. The van der Waals surface area contributed by atoms with Gasteiger partial charge in [-0.1, -0.05) is 91.8 Å². The smallest absolute Gasteiger partial charge is 0.329 e. The Morgan fingerprint density at radius 3 is 2.28 bits per heavy atom. The summed E-state index contributed by atoms with van der Waals surface area (Å²) in [5.41, 5.74) is 1.28. The Bertz CT molecular complexity index is 2030. The van der Waals surface area contributed by atoms with E-state index in [9.17, 15) is 34.2 Å². The highest BCUT2D eigenvalue weighted by Gasteiger charge is 2.53. The van der Waals surface area contributed by atoms with Crippen molar-refractivity contribution >= 4 is 37.5 Å². The van der Waals surface area contributed by atoms with E-state index in [4.69, 9.17) is 32.8 Å². The van der Waals surface area contributed by atoms with Crippen LogP contribution in [0.5, 0.6) is 0 Å². The lowest BCUT2D eigenvalue weighted by molar-refractivity contribution is -0.265. The summed E-state index contributed by atoms with van der Waals surface area (Å²) in [6.07, 6.45) is 12.4. The summed E-state index contributed by atoms with van der Waals surface area (Å²) in [4.78, 5) is 72.7. The molecule has 3 fully saturated rings. The van der Waals surface area contributed by atoms with Gasteiger partial charge in [0.1, 0.15) is 30.1 Å². The van der Waals surface area contributed by atoms with Gasteiger partial charge in [-0.2, -0.15) is 0 Å². The number of ether oxygens (including phenoxy) is 6. The zero-order chi connectivity index (χ0) is 56.0. The van der Waals surface area contributed by atoms with Crippen molar-refractivity contribution in [2.45, 2.75) is 219 Å². The number of carbonyl (C=O) groups is 5. The van der Waals surface area contributed by atoms with Crippen LogP contribution in [-0.2, 0) is 56.8 Å². The zero-order valence-corrected chi connectivity index (χ0v) is 49.4. The van der Waals surface area contributed by atoms with Crippen LogP contribution in [0.3, 0.4) is 0 Å². The average molecular weight is 1080 g/mol. The van der Waals surface area contributed by atoms with Gasteiger partial charge >= 0.3 is 5.97 Å². The first kappa shape index (κ1) is 64.3. The molecule has 1 saturated carbocycles. The van der Waals surface area contributed by atoms with E-state index in [1.807, 2.05) is 58.1 Å². The molecule has 0 aromatic rings. The summed E-state index contributed by atoms with van der Waals surface area (Å²) in [5, 5.41) is 23.7. The van der Waals surface area contributed by atoms with Gasteiger partial charge in [0.15, 0.2) is 14.1 Å². The van der Waals surface area contributed by atoms with Gasteiger partial charge < -0.3 is 48.0 Å². The molecule has 15 atom stereocenters. The van der Waals surface area contributed by atoms with Crippen molar-refractivity contribution in [3.8, 4) is 0 Å². The maximum Gasteiger partial charge on any atom is 0.329 e. The molecule has 75 heavy (non-hydrogen) atoms. The molecule has 3 heterocycles. The highest BCUT2D eigenvalue weighted by atomic mass is 28.4. The Hall–Kier alpha value is -3.19. The monoisotopic (exact) mass is 1080 g/mol. The van der Waals surface area contributed by atoms with E-state index in [-0.39, 0.29) is 66.0 Å². The van der Waals surface area contributed by atoms with Gasteiger partial charge in [0.25, 0.3) is 11.7 Å². The number of fused-ring (bicyclic) bond motifs is 3. The van der Waals surface area contributed by atoms with Crippen LogP contribution in [0.2, 0.25) is 18.1 Å². The predicted octanol–water partition coefficient (Wildman–Crippen LogP) is 9.23. The van der Waals surface area contributed by atoms with E-state index < -0.39 is 86.1 Å². The lowest BCUT2D eigenvalue weighted by Gasteiger charge is -2.42. The first-order valence-corrected chi connectivity index (χ1v) is 30.8. The second-order valence-electron chi connectivity index (χ2n) is 24.0. The van der Waals surface area contributed by atoms with Crippen LogP contribution in [0.1, 0.15) is 146 Å². The van der Waals surface area contributed by atoms with E-state index in [1.165, 1.54) is 12.0 Å². The molecule has 2 bridgehead atoms. The number of carbonyl (C=O) groups excluding carboxylic acids is 5. The van der Waals surface area contributed by atoms with E-state index >= 15 is 0 Å². The zero-order valence-electron chi connectivity index (χ0n) is 48.4. The molecule has 0 aromatic carbocycles. The Labute approximate surface area is 451 Å². The fourth-order valence-electron chi connectivity index (χ4n) is 11.0. The lowest BCUT2D eigenvalue weighted by Crippen LogP contribution is -2.61. The van der Waals surface area contributed by atoms with Crippen LogP contribution in [0.4, 0.5) is 0 Å². The van der Waals surface area contributed by atoms with E-state index in [1.54, 1.807) is 41.1 Å². The number of allylic oxidation sites excluding steroid dienone is 6. The van der Waals surface area contributed by atoms with Crippen molar-refractivity contribution in [3.63, 3.8) is 0 Å². The van der Waals surface area contributed by atoms with Crippen molar-refractivity contribution in [1.29, 1.82) is 0 Å². The number of amides is 1. The molecule has 16 heteroatoms. The number of piperidine rings is 1. The molecule has 3 aliphatic heterocycles. The number of aliphatic hydroxyl groups is 2. The second-order valence-corrected chi connectivity index (χ2v) is 28.9. The Balaban J connectivity index is 1.65. The SMILES string of the molecule is CO[C@H]1C[C@@H]2CC[C@@H](C)[C@@](O)(O2)C(=O)C(=O)N2CCCC[14C@H]2[14C](=O)O[C@H]([C@H](C)[14CH2][14C@@H]2CC[C@@H](OCCO[Si](C)(C)C(C)(C)C)[C@H](OC)C2)CC(=O)[C@H](C)/C=C(\C)[C@@H](O)[C@@H](OC)C(=O)[C@H](C)C[C@H](C)/C=C/C=C/C=C/1C. The molecule has 1 amide bonds. The Morgan fingerprint density at radius 2 is 1.63 bits per heavy atom. The fourth-order valence-corrected chi connectivity index (χ4v) is 12.0. The van der Waals surface area contributed by atoms with Gasteiger partial charge in [0.2, 0.25) is 5.79 Å².